The van der Waals surface area contributed by atoms with Crippen LogP contribution in [0.15, 0.2) is 121 Å². The van der Waals surface area contributed by atoms with Gasteiger partial charge < -0.3 is 0 Å². The van der Waals surface area contributed by atoms with E-state index in [0.29, 0.717) is 17.5 Å². The number of halogens is 1. The average molecular weight is 536 g/mol. The third-order valence-corrected chi connectivity index (χ3v) is 8.05. The fraction of sp³-hybridized carbons (Fsp3) is 0.0833. The molecule has 5 aromatic carbocycles. The van der Waals surface area contributed by atoms with E-state index in [0.717, 1.165) is 27.3 Å². The van der Waals surface area contributed by atoms with Crippen molar-refractivity contribution in [2.75, 3.05) is 0 Å². The van der Waals surface area contributed by atoms with Gasteiger partial charge in [0.05, 0.1) is 0 Å². The Morgan fingerprint density at radius 2 is 0.875 bits per heavy atom. The summed E-state index contributed by atoms with van der Waals surface area (Å²) in [6.45, 7) is 4.50. The van der Waals surface area contributed by atoms with Gasteiger partial charge in [0.15, 0.2) is 17.5 Å². The van der Waals surface area contributed by atoms with Crippen LogP contribution in [-0.4, -0.2) is 15.0 Å². The SMILES string of the molecule is CC1(C)c2cc(Cl)ccc2-c2ccc(-c3nc(-c4ccccc4)nc(-c4ccc(-c5ccccc5)cc4)n3)cc21. The number of hydrogen-bond acceptors (Lipinski definition) is 3. The quantitative estimate of drug-likeness (QED) is 0.225. The van der Waals surface area contributed by atoms with Crippen molar-refractivity contribution in [1.29, 1.82) is 0 Å². The summed E-state index contributed by atoms with van der Waals surface area (Å²) in [5, 5.41) is 0.757. The van der Waals surface area contributed by atoms with Crippen LogP contribution < -0.4 is 0 Å². The van der Waals surface area contributed by atoms with Crippen LogP contribution >= 0.6 is 11.6 Å². The average Bonchev–Trinajstić information content (AvgIpc) is 3.23. The summed E-state index contributed by atoms with van der Waals surface area (Å²) < 4.78 is 0. The Morgan fingerprint density at radius 1 is 0.450 bits per heavy atom. The number of fused-ring (bicyclic) bond motifs is 3. The Balaban J connectivity index is 1.35. The first-order chi connectivity index (χ1) is 19.5. The van der Waals surface area contributed by atoms with Crippen molar-refractivity contribution in [3.63, 3.8) is 0 Å². The summed E-state index contributed by atoms with van der Waals surface area (Å²) in [5.41, 5.74) is 9.97. The highest BCUT2D eigenvalue weighted by Crippen LogP contribution is 2.50. The lowest BCUT2D eigenvalue weighted by Crippen LogP contribution is -2.15. The molecular formula is C36H26ClN3. The zero-order chi connectivity index (χ0) is 27.3. The van der Waals surface area contributed by atoms with E-state index in [1.165, 1.54) is 27.8 Å². The lowest BCUT2D eigenvalue weighted by atomic mass is 9.82. The number of benzene rings is 5. The van der Waals surface area contributed by atoms with E-state index in [1.807, 2.05) is 42.5 Å². The van der Waals surface area contributed by atoms with Crippen molar-refractivity contribution in [1.82, 2.24) is 15.0 Å². The van der Waals surface area contributed by atoms with Crippen LogP contribution in [0.5, 0.6) is 0 Å². The van der Waals surface area contributed by atoms with E-state index in [2.05, 4.69) is 92.7 Å². The Kier molecular flexibility index (Phi) is 5.83. The Morgan fingerprint density at radius 3 is 1.50 bits per heavy atom. The van der Waals surface area contributed by atoms with Crippen LogP contribution in [-0.2, 0) is 5.41 Å². The number of hydrogen-bond donors (Lipinski definition) is 0. The van der Waals surface area contributed by atoms with Crippen LogP contribution in [0.2, 0.25) is 5.02 Å². The molecule has 7 rings (SSSR count). The van der Waals surface area contributed by atoms with E-state index in [-0.39, 0.29) is 5.41 Å². The fourth-order valence-electron chi connectivity index (χ4n) is 5.64. The van der Waals surface area contributed by atoms with E-state index in [4.69, 9.17) is 26.6 Å². The third-order valence-electron chi connectivity index (χ3n) is 7.81. The van der Waals surface area contributed by atoms with Crippen LogP contribution in [0, 0.1) is 0 Å². The maximum absolute atomic E-state index is 6.39. The molecule has 192 valence electrons. The third kappa shape index (κ3) is 4.20. The van der Waals surface area contributed by atoms with Crippen LogP contribution in [0.1, 0.15) is 25.0 Å². The summed E-state index contributed by atoms with van der Waals surface area (Å²) in [6.07, 6.45) is 0. The fourth-order valence-corrected chi connectivity index (χ4v) is 5.81. The van der Waals surface area contributed by atoms with Gasteiger partial charge in [-0.05, 0) is 51.6 Å². The molecule has 0 saturated carbocycles. The molecule has 3 nitrogen and oxygen atoms in total. The first kappa shape index (κ1) is 24.4. The molecule has 1 aliphatic carbocycles. The highest BCUT2D eigenvalue weighted by Gasteiger charge is 2.36. The van der Waals surface area contributed by atoms with Gasteiger partial charge in [-0.1, -0.05) is 129 Å². The molecule has 0 radical (unpaired) electrons. The monoisotopic (exact) mass is 535 g/mol. The van der Waals surface area contributed by atoms with E-state index >= 15 is 0 Å². The Hall–Kier alpha value is -4.60. The zero-order valence-corrected chi connectivity index (χ0v) is 23.0. The maximum atomic E-state index is 6.39. The molecule has 0 N–H and O–H groups in total. The summed E-state index contributed by atoms with van der Waals surface area (Å²) in [6, 6.07) is 41.6. The molecule has 1 heterocycles. The second kappa shape index (κ2) is 9.55. The van der Waals surface area contributed by atoms with Gasteiger partial charge in [-0.3, -0.25) is 0 Å². The van der Waals surface area contributed by atoms with Crippen molar-refractivity contribution in [3.8, 4) is 56.4 Å². The maximum Gasteiger partial charge on any atom is 0.164 e. The van der Waals surface area contributed by atoms with Gasteiger partial charge in [0, 0.05) is 27.1 Å². The number of nitrogens with zero attached hydrogens (tertiary/aromatic N) is 3. The lowest BCUT2D eigenvalue weighted by Gasteiger charge is -2.22. The van der Waals surface area contributed by atoms with E-state index < -0.39 is 0 Å². The lowest BCUT2D eigenvalue weighted by molar-refractivity contribution is 0.660. The van der Waals surface area contributed by atoms with E-state index in [1.54, 1.807) is 0 Å². The minimum absolute atomic E-state index is 0.184. The van der Waals surface area contributed by atoms with Gasteiger partial charge in [0.25, 0.3) is 0 Å². The highest BCUT2D eigenvalue weighted by atomic mass is 35.5. The molecule has 0 saturated heterocycles. The number of rotatable bonds is 4. The molecule has 0 bridgehead atoms. The van der Waals surface area contributed by atoms with Crippen molar-refractivity contribution >= 4 is 11.6 Å². The topological polar surface area (TPSA) is 38.7 Å². The summed E-state index contributed by atoms with van der Waals surface area (Å²) in [4.78, 5) is 14.9. The van der Waals surface area contributed by atoms with Crippen molar-refractivity contribution < 1.29 is 0 Å². The molecule has 1 aliphatic rings. The Bertz CT molecular complexity index is 1860. The first-order valence-corrected chi connectivity index (χ1v) is 13.8. The van der Waals surface area contributed by atoms with Gasteiger partial charge in [0.2, 0.25) is 0 Å². The van der Waals surface area contributed by atoms with Gasteiger partial charge >= 0.3 is 0 Å². The molecule has 0 unspecified atom stereocenters. The summed E-state index contributed by atoms with van der Waals surface area (Å²) >= 11 is 6.39. The molecule has 0 spiro atoms. The smallest absolute Gasteiger partial charge is 0.164 e. The molecule has 4 heteroatoms. The molecule has 0 aliphatic heterocycles. The molecule has 0 amide bonds. The summed E-state index contributed by atoms with van der Waals surface area (Å²) in [5.74, 6) is 1.96. The van der Waals surface area contributed by atoms with Gasteiger partial charge in [0.1, 0.15) is 0 Å². The van der Waals surface area contributed by atoms with Crippen molar-refractivity contribution in [2.24, 2.45) is 0 Å². The predicted octanol–water partition coefficient (Wildman–Crippen LogP) is 9.50. The first-order valence-electron chi connectivity index (χ1n) is 13.4. The van der Waals surface area contributed by atoms with Gasteiger partial charge in [-0.15, -0.1) is 0 Å². The van der Waals surface area contributed by atoms with Gasteiger partial charge in [-0.25, -0.2) is 15.0 Å². The van der Waals surface area contributed by atoms with Crippen molar-refractivity contribution in [2.45, 2.75) is 19.3 Å². The molecule has 40 heavy (non-hydrogen) atoms. The molecular weight excluding hydrogens is 510 g/mol. The largest absolute Gasteiger partial charge is 0.208 e. The second-order valence-electron chi connectivity index (χ2n) is 10.7. The minimum Gasteiger partial charge on any atom is -0.208 e. The van der Waals surface area contributed by atoms with Crippen molar-refractivity contribution in [3.05, 3.63) is 137 Å². The normalized spacial score (nSPS) is 13.1. The zero-order valence-electron chi connectivity index (χ0n) is 22.3. The Labute approximate surface area is 239 Å². The highest BCUT2D eigenvalue weighted by molar-refractivity contribution is 6.30. The van der Waals surface area contributed by atoms with Gasteiger partial charge in [-0.2, -0.15) is 0 Å². The second-order valence-corrected chi connectivity index (χ2v) is 11.1. The number of aromatic nitrogens is 3. The predicted molar refractivity (Wildman–Crippen MR) is 164 cm³/mol. The standard InChI is InChI=1S/C36H26ClN3/c1-36(2)31-21-27(17-19-29(31)30-20-18-28(37)22-32(30)36)35-39-33(25-11-7-4-8-12-25)38-34(40-35)26-15-13-24(14-16-26)23-9-5-3-6-10-23/h3-22H,1-2H3. The van der Waals surface area contributed by atoms with Crippen LogP contribution in [0.4, 0.5) is 0 Å². The van der Waals surface area contributed by atoms with E-state index in [9.17, 15) is 0 Å². The summed E-state index contributed by atoms with van der Waals surface area (Å²) in [7, 11) is 0. The molecule has 1 aromatic heterocycles. The van der Waals surface area contributed by atoms with Crippen LogP contribution in [0.25, 0.3) is 56.4 Å². The van der Waals surface area contributed by atoms with Crippen LogP contribution in [0.3, 0.4) is 0 Å². The molecule has 6 aromatic rings. The minimum atomic E-state index is -0.184. The molecule has 0 atom stereocenters. The molecule has 0 fully saturated rings.